The molecule has 0 bridgehead atoms. The number of methoxy groups -OCH3 is 2. The molecule has 1 aliphatic rings. The number of amides is 1. The van der Waals surface area contributed by atoms with Gasteiger partial charge in [-0.15, -0.1) is 0 Å². The zero-order valence-electron chi connectivity index (χ0n) is 14.3. The van der Waals surface area contributed by atoms with Crippen LogP contribution in [0, 0.1) is 5.92 Å². The first kappa shape index (κ1) is 18.3. The van der Waals surface area contributed by atoms with Crippen LogP contribution in [-0.4, -0.2) is 31.3 Å². The zero-order chi connectivity index (χ0) is 17.5. The van der Waals surface area contributed by atoms with E-state index in [4.69, 9.17) is 21.7 Å². The summed E-state index contributed by atoms with van der Waals surface area (Å²) in [5.74, 6) is 1.37. The smallest absolute Gasteiger partial charge is 0.269 e. The van der Waals surface area contributed by atoms with Crippen molar-refractivity contribution in [1.29, 1.82) is 0 Å². The van der Waals surface area contributed by atoms with Crippen molar-refractivity contribution in [1.82, 2.24) is 16.2 Å². The summed E-state index contributed by atoms with van der Waals surface area (Å²) in [7, 11) is 3.08. The van der Waals surface area contributed by atoms with Crippen molar-refractivity contribution in [3.8, 4) is 11.5 Å². The van der Waals surface area contributed by atoms with Crippen LogP contribution in [0.15, 0.2) is 18.2 Å². The van der Waals surface area contributed by atoms with E-state index in [1.807, 2.05) is 0 Å². The molecule has 0 radical (unpaired) electrons. The molecule has 7 heteroatoms. The lowest BCUT2D eigenvalue weighted by atomic mass is 9.86. The number of benzene rings is 1. The van der Waals surface area contributed by atoms with Crippen LogP contribution < -0.4 is 25.6 Å². The molecule has 2 rings (SSSR count). The first-order valence-electron chi connectivity index (χ1n) is 8.14. The average Bonchev–Trinajstić information content (AvgIpc) is 2.61. The Balaban J connectivity index is 1.87. The minimum Gasteiger partial charge on any atom is -0.493 e. The van der Waals surface area contributed by atoms with Crippen molar-refractivity contribution >= 4 is 23.2 Å². The Morgan fingerprint density at radius 2 is 1.83 bits per heavy atom. The second-order valence-electron chi connectivity index (χ2n) is 5.99. The van der Waals surface area contributed by atoms with E-state index in [0.29, 0.717) is 34.1 Å². The Kier molecular flexibility index (Phi) is 6.66. The normalized spacial score (nSPS) is 20.0. The van der Waals surface area contributed by atoms with Crippen LogP contribution in [0.3, 0.4) is 0 Å². The molecule has 1 saturated carbocycles. The van der Waals surface area contributed by atoms with Crippen molar-refractivity contribution < 1.29 is 14.3 Å². The molecule has 2 atom stereocenters. The fourth-order valence-corrected chi connectivity index (χ4v) is 3.10. The van der Waals surface area contributed by atoms with Gasteiger partial charge in [-0.05, 0) is 49.2 Å². The third-order valence-corrected chi connectivity index (χ3v) is 4.58. The quantitative estimate of drug-likeness (QED) is 0.571. The van der Waals surface area contributed by atoms with E-state index >= 15 is 0 Å². The lowest BCUT2D eigenvalue weighted by molar-refractivity contribution is 0.0943. The molecule has 3 N–H and O–H groups in total. The molecule has 0 spiro atoms. The summed E-state index contributed by atoms with van der Waals surface area (Å²) in [5.41, 5.74) is 5.82. The molecular formula is C17H25N3O3S. The Morgan fingerprint density at radius 1 is 1.12 bits per heavy atom. The molecule has 1 aromatic carbocycles. The highest BCUT2D eigenvalue weighted by Crippen LogP contribution is 2.27. The summed E-state index contributed by atoms with van der Waals surface area (Å²) in [6, 6.07) is 5.33. The summed E-state index contributed by atoms with van der Waals surface area (Å²) >= 11 is 5.26. The molecule has 1 fully saturated rings. The number of thiocarbonyl (C=S) groups is 1. The number of hydrazine groups is 1. The third-order valence-electron chi connectivity index (χ3n) is 4.36. The summed E-state index contributed by atoms with van der Waals surface area (Å²) in [6.45, 7) is 2.22. The fourth-order valence-electron chi connectivity index (χ4n) is 2.90. The highest BCUT2D eigenvalue weighted by atomic mass is 32.1. The molecule has 24 heavy (non-hydrogen) atoms. The standard InChI is InChI=1S/C17H25N3O3S/c1-11-6-4-5-7-13(11)18-17(24)20-19-16(21)12-8-9-14(22-2)15(10-12)23-3/h8-11,13H,4-7H2,1-3H3,(H,19,21)(H2,18,20,24)/t11-,13+/m1/s1. The van der Waals surface area contributed by atoms with Crippen LogP contribution in [-0.2, 0) is 0 Å². The SMILES string of the molecule is COc1ccc(C(=O)NNC(=S)N[C@H]2CCCC[C@H]2C)cc1OC. The molecule has 0 saturated heterocycles. The van der Waals surface area contributed by atoms with Crippen LogP contribution in [0.2, 0.25) is 0 Å². The molecule has 0 aliphatic heterocycles. The van der Waals surface area contributed by atoms with Crippen LogP contribution in [0.25, 0.3) is 0 Å². The van der Waals surface area contributed by atoms with Gasteiger partial charge in [0, 0.05) is 11.6 Å². The average molecular weight is 351 g/mol. The van der Waals surface area contributed by atoms with Crippen LogP contribution in [0.5, 0.6) is 11.5 Å². The fraction of sp³-hybridized carbons (Fsp3) is 0.529. The van der Waals surface area contributed by atoms with Gasteiger partial charge in [-0.25, -0.2) is 0 Å². The van der Waals surface area contributed by atoms with Gasteiger partial charge in [0.15, 0.2) is 16.6 Å². The van der Waals surface area contributed by atoms with Gasteiger partial charge in [0.05, 0.1) is 14.2 Å². The number of hydrogen-bond acceptors (Lipinski definition) is 4. The van der Waals surface area contributed by atoms with E-state index < -0.39 is 0 Å². The number of rotatable bonds is 4. The summed E-state index contributed by atoms with van der Waals surface area (Å²) in [4.78, 5) is 12.2. The van der Waals surface area contributed by atoms with E-state index in [9.17, 15) is 4.79 Å². The van der Waals surface area contributed by atoms with Gasteiger partial charge in [-0.1, -0.05) is 19.8 Å². The number of nitrogens with one attached hydrogen (secondary N) is 3. The number of carbonyl (C=O) groups is 1. The Hall–Kier alpha value is -2.02. The van der Waals surface area contributed by atoms with Crippen LogP contribution in [0.1, 0.15) is 43.0 Å². The first-order valence-corrected chi connectivity index (χ1v) is 8.55. The van der Waals surface area contributed by atoms with E-state index in [1.165, 1.54) is 26.4 Å². The van der Waals surface area contributed by atoms with Gasteiger partial charge in [-0.3, -0.25) is 15.6 Å². The van der Waals surface area contributed by atoms with Gasteiger partial charge in [0.1, 0.15) is 0 Å². The van der Waals surface area contributed by atoms with Gasteiger partial charge >= 0.3 is 0 Å². The van der Waals surface area contributed by atoms with Crippen LogP contribution in [0.4, 0.5) is 0 Å². The molecule has 6 nitrogen and oxygen atoms in total. The van der Waals surface area contributed by atoms with Gasteiger partial charge in [-0.2, -0.15) is 0 Å². The van der Waals surface area contributed by atoms with Crippen molar-refractivity contribution in [3.05, 3.63) is 23.8 Å². The summed E-state index contributed by atoms with van der Waals surface area (Å²) in [5, 5.41) is 3.71. The molecule has 132 valence electrons. The Morgan fingerprint density at radius 3 is 2.50 bits per heavy atom. The maximum atomic E-state index is 12.2. The van der Waals surface area contributed by atoms with Gasteiger partial charge < -0.3 is 14.8 Å². The molecule has 0 aromatic heterocycles. The van der Waals surface area contributed by atoms with Gasteiger partial charge in [0.25, 0.3) is 5.91 Å². The minimum absolute atomic E-state index is 0.295. The topological polar surface area (TPSA) is 71.6 Å². The van der Waals surface area contributed by atoms with E-state index in [1.54, 1.807) is 25.3 Å². The Bertz CT molecular complexity index is 594. The maximum absolute atomic E-state index is 12.2. The monoisotopic (exact) mass is 351 g/mol. The lowest BCUT2D eigenvalue weighted by Crippen LogP contribution is -2.51. The lowest BCUT2D eigenvalue weighted by Gasteiger charge is -2.30. The number of ether oxygens (including phenoxy) is 2. The van der Waals surface area contributed by atoms with Crippen molar-refractivity contribution in [3.63, 3.8) is 0 Å². The second kappa shape index (κ2) is 8.73. The van der Waals surface area contributed by atoms with E-state index in [-0.39, 0.29) is 5.91 Å². The van der Waals surface area contributed by atoms with Gasteiger partial charge in [0.2, 0.25) is 0 Å². The van der Waals surface area contributed by atoms with Crippen molar-refractivity contribution in [2.24, 2.45) is 5.92 Å². The highest BCUT2D eigenvalue weighted by Gasteiger charge is 2.21. The van der Waals surface area contributed by atoms with Crippen LogP contribution >= 0.6 is 12.2 Å². The second-order valence-corrected chi connectivity index (χ2v) is 6.40. The Labute approximate surface area is 148 Å². The predicted octanol–water partition coefficient (Wildman–Crippen LogP) is 2.39. The predicted molar refractivity (Wildman–Crippen MR) is 97.3 cm³/mol. The number of hydrogen-bond donors (Lipinski definition) is 3. The molecule has 1 aliphatic carbocycles. The molecular weight excluding hydrogens is 326 g/mol. The molecule has 0 heterocycles. The van der Waals surface area contributed by atoms with E-state index in [2.05, 4.69) is 23.1 Å². The highest BCUT2D eigenvalue weighted by molar-refractivity contribution is 7.80. The molecule has 1 amide bonds. The van der Waals surface area contributed by atoms with Crippen molar-refractivity contribution in [2.45, 2.75) is 38.6 Å². The largest absolute Gasteiger partial charge is 0.493 e. The first-order chi connectivity index (χ1) is 11.5. The number of carbonyl (C=O) groups excluding carboxylic acids is 1. The zero-order valence-corrected chi connectivity index (χ0v) is 15.2. The maximum Gasteiger partial charge on any atom is 0.269 e. The summed E-state index contributed by atoms with van der Waals surface area (Å²) in [6.07, 6.45) is 4.79. The molecule has 0 unspecified atom stereocenters. The summed E-state index contributed by atoms with van der Waals surface area (Å²) < 4.78 is 10.4. The third kappa shape index (κ3) is 4.74. The molecule has 1 aromatic rings. The van der Waals surface area contributed by atoms with E-state index in [0.717, 1.165) is 6.42 Å². The minimum atomic E-state index is -0.295. The van der Waals surface area contributed by atoms with Crippen molar-refractivity contribution in [2.75, 3.05) is 14.2 Å².